The highest BCUT2D eigenvalue weighted by Gasteiger charge is 2.19. The quantitative estimate of drug-likeness (QED) is 0.353. The Morgan fingerprint density at radius 3 is 3.12 bits per heavy atom. The summed E-state index contributed by atoms with van der Waals surface area (Å²) in [5.74, 6) is 0.235. The van der Waals surface area contributed by atoms with E-state index in [1.165, 1.54) is 11.1 Å². The number of methoxy groups -OCH3 is 1. The molecule has 1 aliphatic heterocycles. The highest BCUT2D eigenvalue weighted by molar-refractivity contribution is 5.85. The lowest BCUT2D eigenvalue weighted by atomic mass is 10.1. The zero-order valence-corrected chi connectivity index (χ0v) is 9.89. The fourth-order valence-electron chi connectivity index (χ4n) is 2.17. The number of nitrogens with zero attached hydrogens (tertiary/aromatic N) is 2. The van der Waals surface area contributed by atoms with E-state index >= 15 is 0 Å². The largest absolute Gasteiger partial charge is 0.409 e. The van der Waals surface area contributed by atoms with Gasteiger partial charge in [-0.05, 0) is 23.6 Å². The van der Waals surface area contributed by atoms with Crippen LogP contribution < -0.4 is 10.6 Å². The average molecular weight is 235 g/mol. The Morgan fingerprint density at radius 1 is 1.59 bits per heavy atom. The highest BCUT2D eigenvalue weighted by Crippen LogP contribution is 2.28. The van der Waals surface area contributed by atoms with E-state index in [2.05, 4.69) is 22.2 Å². The molecule has 0 spiro atoms. The van der Waals surface area contributed by atoms with Crippen LogP contribution in [0.5, 0.6) is 0 Å². The molecule has 1 aromatic carbocycles. The second-order valence-electron chi connectivity index (χ2n) is 4.16. The molecular weight excluding hydrogens is 218 g/mol. The predicted molar refractivity (Wildman–Crippen MR) is 66.5 cm³/mol. The maximum Gasteiger partial charge on any atom is 0.158 e. The van der Waals surface area contributed by atoms with Crippen LogP contribution in [-0.4, -0.2) is 31.2 Å². The van der Waals surface area contributed by atoms with E-state index in [0.717, 1.165) is 18.7 Å². The minimum atomic E-state index is 0.235. The summed E-state index contributed by atoms with van der Waals surface area (Å²) in [4.78, 5) is 2.11. The number of anilines is 1. The maximum atomic E-state index is 8.58. The van der Waals surface area contributed by atoms with Crippen LogP contribution in [0.15, 0.2) is 23.4 Å². The fraction of sp³-hybridized carbons (Fsp3) is 0.417. The number of rotatable bonds is 4. The van der Waals surface area contributed by atoms with Crippen molar-refractivity contribution in [1.82, 2.24) is 0 Å². The second-order valence-corrected chi connectivity index (χ2v) is 4.16. The summed E-state index contributed by atoms with van der Waals surface area (Å²) in [5, 5.41) is 11.6. The first-order chi connectivity index (χ1) is 8.24. The van der Waals surface area contributed by atoms with Crippen molar-refractivity contribution in [2.75, 3.05) is 25.1 Å². The standard InChI is InChI=1S/C12H17N3O2/c1-17-8-9-2-3-11-10(6-9)4-5-15(11)7-12(13)14-16/h2-3,6,16H,4-5,7-8H2,1H3,(H2,13,14). The first-order valence-electron chi connectivity index (χ1n) is 5.56. The SMILES string of the molecule is COCc1ccc2c(c1)CCN2C/C(N)=N/O. The molecule has 5 nitrogen and oxygen atoms in total. The predicted octanol–water partition coefficient (Wildman–Crippen LogP) is 0.942. The lowest BCUT2D eigenvalue weighted by Crippen LogP contribution is -2.32. The van der Waals surface area contributed by atoms with Crippen LogP contribution in [0.1, 0.15) is 11.1 Å². The van der Waals surface area contributed by atoms with Gasteiger partial charge in [0.25, 0.3) is 0 Å². The summed E-state index contributed by atoms with van der Waals surface area (Å²) < 4.78 is 5.11. The Hall–Kier alpha value is -1.75. The van der Waals surface area contributed by atoms with Gasteiger partial charge in [-0.25, -0.2) is 0 Å². The van der Waals surface area contributed by atoms with Crippen molar-refractivity contribution < 1.29 is 9.94 Å². The summed E-state index contributed by atoms with van der Waals surface area (Å²) in [6.07, 6.45) is 0.992. The van der Waals surface area contributed by atoms with Gasteiger partial charge in [0.05, 0.1) is 13.2 Å². The third kappa shape index (κ3) is 2.50. The molecule has 0 fully saturated rings. The van der Waals surface area contributed by atoms with Gasteiger partial charge in [0.2, 0.25) is 0 Å². The van der Waals surface area contributed by atoms with E-state index in [4.69, 9.17) is 15.7 Å². The molecule has 1 aromatic rings. The van der Waals surface area contributed by atoms with Crippen LogP contribution in [0, 0.1) is 0 Å². The fourth-order valence-corrected chi connectivity index (χ4v) is 2.17. The van der Waals surface area contributed by atoms with Crippen LogP contribution in [0.4, 0.5) is 5.69 Å². The summed E-state index contributed by atoms with van der Waals surface area (Å²) in [7, 11) is 1.69. The minimum absolute atomic E-state index is 0.235. The number of ether oxygens (including phenoxy) is 1. The molecule has 0 unspecified atom stereocenters. The number of fused-ring (bicyclic) bond motifs is 1. The van der Waals surface area contributed by atoms with Crippen molar-refractivity contribution in [1.29, 1.82) is 0 Å². The van der Waals surface area contributed by atoms with Crippen molar-refractivity contribution in [2.45, 2.75) is 13.0 Å². The molecule has 3 N–H and O–H groups in total. The number of oxime groups is 1. The minimum Gasteiger partial charge on any atom is -0.409 e. The van der Waals surface area contributed by atoms with E-state index < -0.39 is 0 Å². The lowest BCUT2D eigenvalue weighted by Gasteiger charge is -2.18. The molecule has 92 valence electrons. The lowest BCUT2D eigenvalue weighted by molar-refractivity contribution is 0.185. The number of nitrogens with two attached hydrogens (primary N) is 1. The van der Waals surface area contributed by atoms with E-state index in [9.17, 15) is 0 Å². The number of hydrogen-bond donors (Lipinski definition) is 2. The van der Waals surface area contributed by atoms with Crippen molar-refractivity contribution in [3.05, 3.63) is 29.3 Å². The Morgan fingerprint density at radius 2 is 2.41 bits per heavy atom. The molecule has 17 heavy (non-hydrogen) atoms. The van der Waals surface area contributed by atoms with E-state index in [1.54, 1.807) is 7.11 Å². The summed E-state index contributed by atoms with van der Waals surface area (Å²) >= 11 is 0. The van der Waals surface area contributed by atoms with E-state index in [1.807, 2.05) is 6.07 Å². The highest BCUT2D eigenvalue weighted by atomic mass is 16.5. The molecule has 1 heterocycles. The van der Waals surface area contributed by atoms with E-state index in [-0.39, 0.29) is 5.84 Å². The van der Waals surface area contributed by atoms with Gasteiger partial charge in [-0.1, -0.05) is 17.3 Å². The average Bonchev–Trinajstić information content (AvgIpc) is 2.72. The number of hydrogen-bond acceptors (Lipinski definition) is 4. The molecule has 1 aliphatic rings. The molecule has 0 aromatic heterocycles. The molecule has 0 bridgehead atoms. The first kappa shape index (κ1) is 11.7. The topological polar surface area (TPSA) is 71.1 Å². The second kappa shape index (κ2) is 5.05. The smallest absolute Gasteiger partial charge is 0.158 e. The monoisotopic (exact) mass is 235 g/mol. The Balaban J connectivity index is 2.16. The van der Waals surface area contributed by atoms with Gasteiger partial charge in [0.15, 0.2) is 5.84 Å². The Labute approximate surface area is 100 Å². The Kier molecular flexibility index (Phi) is 3.49. The third-order valence-corrected chi connectivity index (χ3v) is 2.93. The summed E-state index contributed by atoms with van der Waals surface area (Å²) in [5.41, 5.74) is 9.16. The molecule has 0 amide bonds. The molecule has 2 rings (SSSR count). The molecule has 0 atom stereocenters. The summed E-state index contributed by atoms with van der Waals surface area (Å²) in [6, 6.07) is 6.28. The van der Waals surface area contributed by atoms with Gasteiger partial charge in [0, 0.05) is 19.3 Å². The number of amidine groups is 1. The van der Waals surface area contributed by atoms with Gasteiger partial charge in [0.1, 0.15) is 0 Å². The van der Waals surface area contributed by atoms with E-state index in [0.29, 0.717) is 13.2 Å². The first-order valence-corrected chi connectivity index (χ1v) is 5.56. The van der Waals surface area contributed by atoms with Gasteiger partial charge >= 0.3 is 0 Å². The van der Waals surface area contributed by atoms with Crippen molar-refractivity contribution in [3.8, 4) is 0 Å². The normalized spacial score (nSPS) is 15.1. The van der Waals surface area contributed by atoms with Crippen molar-refractivity contribution in [3.63, 3.8) is 0 Å². The van der Waals surface area contributed by atoms with Crippen LogP contribution in [0.2, 0.25) is 0 Å². The molecule has 0 aliphatic carbocycles. The van der Waals surface area contributed by atoms with Gasteiger partial charge in [-0.3, -0.25) is 0 Å². The maximum absolute atomic E-state index is 8.58. The van der Waals surface area contributed by atoms with Crippen molar-refractivity contribution in [2.24, 2.45) is 10.9 Å². The molecule has 5 heteroatoms. The molecular formula is C12H17N3O2. The van der Waals surface area contributed by atoms with Crippen LogP contribution in [0.3, 0.4) is 0 Å². The van der Waals surface area contributed by atoms with Gasteiger partial charge in [-0.15, -0.1) is 0 Å². The van der Waals surface area contributed by atoms with Crippen LogP contribution in [0.25, 0.3) is 0 Å². The third-order valence-electron chi connectivity index (χ3n) is 2.93. The number of benzene rings is 1. The zero-order chi connectivity index (χ0) is 12.3. The Bertz CT molecular complexity index is 432. The van der Waals surface area contributed by atoms with Crippen LogP contribution >= 0.6 is 0 Å². The summed E-state index contributed by atoms with van der Waals surface area (Å²) in [6.45, 7) is 2.00. The van der Waals surface area contributed by atoms with Crippen LogP contribution in [-0.2, 0) is 17.8 Å². The molecule has 0 radical (unpaired) electrons. The zero-order valence-electron chi connectivity index (χ0n) is 9.89. The van der Waals surface area contributed by atoms with Gasteiger partial charge < -0.3 is 20.6 Å². The van der Waals surface area contributed by atoms with Crippen molar-refractivity contribution >= 4 is 11.5 Å². The molecule has 0 saturated carbocycles. The molecule has 0 saturated heterocycles. The van der Waals surface area contributed by atoms with Gasteiger partial charge in [-0.2, -0.15) is 0 Å².